The summed E-state index contributed by atoms with van der Waals surface area (Å²) in [6.07, 6.45) is 3.45. The molecular formula is C47H67N7O7. The molecule has 14 heteroatoms. The lowest BCUT2D eigenvalue weighted by Crippen LogP contribution is -2.59. The van der Waals surface area contributed by atoms with Gasteiger partial charge in [0.2, 0.25) is 35.4 Å². The van der Waals surface area contributed by atoms with Crippen LogP contribution in [-0.2, 0) is 35.1 Å². The molecule has 7 rings (SSSR count). The molecule has 1 aromatic heterocycles. The number of nitrogens with one attached hydrogen (secondary N) is 2. The minimum Gasteiger partial charge on any atom is -0.418 e. The van der Waals surface area contributed by atoms with Crippen LogP contribution in [0.1, 0.15) is 90.6 Å². The SMILES string of the molecule is CC[C@H](C)[C@@H]([C@@H](CC(=O)N1CCC[C@H]1[C@H](OC)[C@@H](C)C(=O)N[C@@H](Cc1ccccc1)c1nnc(-c2ccccc2)o1)OC)N(C)C(=O)[C@@H](NC(=O)[C@@H]1C2CC(C2)N1C)C(C)C. The van der Waals surface area contributed by atoms with Gasteiger partial charge >= 0.3 is 0 Å². The van der Waals surface area contributed by atoms with Crippen LogP contribution in [0, 0.1) is 23.7 Å². The number of nitrogens with zero attached hydrogens (tertiary/aromatic N) is 5. The van der Waals surface area contributed by atoms with Crippen LogP contribution in [0.3, 0.4) is 0 Å². The zero-order valence-electron chi connectivity index (χ0n) is 37.5. The van der Waals surface area contributed by atoms with E-state index in [2.05, 4.69) is 39.6 Å². The van der Waals surface area contributed by atoms with Gasteiger partial charge in [-0.2, -0.15) is 0 Å². The highest BCUT2D eigenvalue weighted by atomic mass is 16.5. The minimum absolute atomic E-state index is 0.0142. The summed E-state index contributed by atoms with van der Waals surface area (Å²) >= 11 is 0. The van der Waals surface area contributed by atoms with Crippen LogP contribution >= 0.6 is 0 Å². The fourth-order valence-electron chi connectivity index (χ4n) is 9.88. The van der Waals surface area contributed by atoms with Gasteiger partial charge in [-0.05, 0) is 68.2 Å². The lowest BCUT2D eigenvalue weighted by molar-refractivity contribution is -0.148. The van der Waals surface area contributed by atoms with Crippen molar-refractivity contribution in [2.45, 2.75) is 128 Å². The van der Waals surface area contributed by atoms with Gasteiger partial charge in [-0.1, -0.05) is 89.6 Å². The Morgan fingerprint density at radius 1 is 0.934 bits per heavy atom. The summed E-state index contributed by atoms with van der Waals surface area (Å²) in [6.45, 7) is 10.4. The summed E-state index contributed by atoms with van der Waals surface area (Å²) in [5.74, 6) is -0.509. The van der Waals surface area contributed by atoms with Crippen LogP contribution in [-0.4, -0.2) is 126 Å². The Hall–Kier alpha value is -4.66. The predicted octanol–water partition coefficient (Wildman–Crippen LogP) is 5.29. The Labute approximate surface area is 361 Å². The molecule has 3 aliphatic heterocycles. The molecule has 4 amide bonds. The lowest BCUT2D eigenvalue weighted by atomic mass is 9.82. The van der Waals surface area contributed by atoms with Crippen molar-refractivity contribution in [2.75, 3.05) is 34.9 Å². The van der Waals surface area contributed by atoms with Crippen LogP contribution in [0.5, 0.6) is 0 Å². The number of ether oxygens (including phenoxy) is 2. The van der Waals surface area contributed by atoms with Gasteiger partial charge in [0, 0.05) is 45.8 Å². The molecule has 1 saturated carbocycles. The molecule has 2 N–H and O–H groups in total. The molecule has 0 spiro atoms. The number of carbonyl (C=O) groups is 4. The molecule has 0 radical (unpaired) electrons. The van der Waals surface area contributed by atoms with Crippen molar-refractivity contribution in [1.29, 1.82) is 0 Å². The number of hydrogen-bond donors (Lipinski definition) is 2. The maximum atomic E-state index is 14.4. The Balaban J connectivity index is 1.14. The third-order valence-electron chi connectivity index (χ3n) is 13.7. The van der Waals surface area contributed by atoms with Gasteiger partial charge in [0.25, 0.3) is 0 Å². The number of benzene rings is 2. The van der Waals surface area contributed by atoms with E-state index in [1.165, 1.54) is 0 Å². The second-order valence-corrected chi connectivity index (χ2v) is 17.9. The van der Waals surface area contributed by atoms with Crippen LogP contribution in [0.25, 0.3) is 11.5 Å². The van der Waals surface area contributed by atoms with Crippen LogP contribution in [0.4, 0.5) is 0 Å². The number of hydrogen-bond acceptors (Lipinski definition) is 10. The first-order valence-electron chi connectivity index (χ1n) is 22.1. The molecule has 9 atom stereocenters. The second kappa shape index (κ2) is 20.5. The van der Waals surface area contributed by atoms with Gasteiger partial charge in [0.05, 0.1) is 42.7 Å². The Kier molecular flexibility index (Phi) is 15.4. The van der Waals surface area contributed by atoms with Crippen molar-refractivity contribution in [1.82, 2.24) is 35.5 Å². The van der Waals surface area contributed by atoms with Crippen molar-refractivity contribution in [3.63, 3.8) is 0 Å². The van der Waals surface area contributed by atoms with Crippen LogP contribution < -0.4 is 10.6 Å². The first-order chi connectivity index (χ1) is 29.3. The third kappa shape index (κ3) is 10.2. The highest BCUT2D eigenvalue weighted by Crippen LogP contribution is 2.44. The van der Waals surface area contributed by atoms with E-state index in [-0.39, 0.29) is 54.0 Å². The van der Waals surface area contributed by atoms with Gasteiger partial charge in [-0.3, -0.25) is 24.1 Å². The number of likely N-dealkylation sites (tertiary alicyclic amines) is 1. The topological polar surface area (TPSA) is 159 Å². The number of fused-ring (bicyclic) bond motifs is 1. The van der Waals surface area contributed by atoms with E-state index in [9.17, 15) is 19.2 Å². The summed E-state index contributed by atoms with van der Waals surface area (Å²) in [5.41, 5.74) is 1.77. The van der Waals surface area contributed by atoms with E-state index in [0.29, 0.717) is 43.1 Å². The molecule has 0 unspecified atom stereocenters. The Bertz CT molecular complexity index is 1920. The number of carbonyl (C=O) groups excluding carboxylic acids is 4. The molecule has 332 valence electrons. The summed E-state index contributed by atoms with van der Waals surface area (Å²) < 4.78 is 18.3. The highest BCUT2D eigenvalue weighted by molar-refractivity contribution is 5.91. The molecule has 3 saturated heterocycles. The average Bonchev–Trinajstić information content (AvgIpc) is 4.06. The van der Waals surface area contributed by atoms with Crippen molar-refractivity contribution >= 4 is 23.6 Å². The molecular weight excluding hydrogens is 775 g/mol. The van der Waals surface area contributed by atoms with E-state index in [1.807, 2.05) is 93.4 Å². The van der Waals surface area contributed by atoms with Crippen LogP contribution in [0.2, 0.25) is 0 Å². The van der Waals surface area contributed by atoms with Gasteiger partial charge < -0.3 is 34.3 Å². The van der Waals surface area contributed by atoms with Gasteiger partial charge in [0.1, 0.15) is 12.1 Å². The third-order valence-corrected chi connectivity index (χ3v) is 13.7. The molecule has 4 heterocycles. The zero-order chi connectivity index (χ0) is 44.0. The molecule has 3 aromatic rings. The minimum atomic E-state index is -0.723. The number of rotatable bonds is 20. The van der Waals surface area contributed by atoms with E-state index in [0.717, 1.165) is 36.8 Å². The van der Waals surface area contributed by atoms with Crippen LogP contribution in [0.15, 0.2) is 65.1 Å². The first kappa shape index (κ1) is 45.9. The molecule has 61 heavy (non-hydrogen) atoms. The second-order valence-electron chi connectivity index (χ2n) is 17.9. The van der Waals surface area contributed by atoms with E-state index in [1.54, 1.807) is 26.2 Å². The Morgan fingerprint density at radius 3 is 2.20 bits per heavy atom. The summed E-state index contributed by atoms with van der Waals surface area (Å²) in [4.78, 5) is 62.2. The fourth-order valence-corrected chi connectivity index (χ4v) is 9.88. The standard InChI is InChI=1S/C47H67N7O7/c1-10-29(4)40(53(7)47(58)39(28(2)3)49-44(57)41-33-25-34(26-33)52(41)6)37(59-8)27-38(55)54-23-17-22-36(54)42(60-9)30(5)43(56)48-35(24-31-18-13-11-14-19-31)46-51-50-45(61-46)32-20-15-12-16-21-32/h11-16,18-21,28-30,33-37,39-42H,10,17,22-27H2,1-9H3,(H,48,56)(H,49,57)/t29-,30+,33?,34?,35-,36-,37+,39-,40-,41-,42+/m0/s1. The highest BCUT2D eigenvalue weighted by Gasteiger charge is 2.52. The molecule has 2 bridgehead atoms. The predicted molar refractivity (Wildman–Crippen MR) is 232 cm³/mol. The fraction of sp³-hybridized carbons (Fsp3) is 0.617. The number of methoxy groups -OCH3 is 2. The van der Waals surface area contributed by atoms with Crippen molar-refractivity contribution in [3.8, 4) is 11.5 Å². The van der Waals surface area contributed by atoms with Crippen molar-refractivity contribution < 1.29 is 33.1 Å². The maximum Gasteiger partial charge on any atom is 0.247 e. The normalized spacial score (nSPS) is 23.3. The van der Waals surface area contributed by atoms with Gasteiger partial charge in [-0.15, -0.1) is 10.2 Å². The zero-order valence-corrected chi connectivity index (χ0v) is 37.5. The number of amides is 4. The largest absolute Gasteiger partial charge is 0.418 e. The quantitative estimate of drug-likeness (QED) is 0.153. The number of likely N-dealkylation sites (N-methyl/N-ethyl adjacent to an activating group) is 2. The molecule has 4 fully saturated rings. The summed E-state index contributed by atoms with van der Waals surface area (Å²) in [5, 5.41) is 14.9. The average molecular weight is 842 g/mol. The first-order valence-corrected chi connectivity index (χ1v) is 22.1. The monoisotopic (exact) mass is 842 g/mol. The Morgan fingerprint density at radius 2 is 1.61 bits per heavy atom. The smallest absolute Gasteiger partial charge is 0.247 e. The van der Waals surface area contributed by atoms with E-state index < -0.39 is 36.3 Å². The summed E-state index contributed by atoms with van der Waals surface area (Å²) in [7, 11) is 6.92. The molecule has 14 nitrogen and oxygen atoms in total. The molecule has 4 aliphatic rings. The lowest BCUT2D eigenvalue weighted by Gasteiger charge is -2.41. The molecule has 1 aliphatic carbocycles. The number of aromatic nitrogens is 2. The van der Waals surface area contributed by atoms with E-state index >= 15 is 0 Å². The van der Waals surface area contributed by atoms with E-state index in [4.69, 9.17) is 13.9 Å². The van der Waals surface area contributed by atoms with Crippen molar-refractivity contribution in [2.24, 2.45) is 23.7 Å². The van der Waals surface area contributed by atoms with Crippen molar-refractivity contribution in [3.05, 3.63) is 72.1 Å². The van der Waals surface area contributed by atoms with Gasteiger partial charge in [-0.25, -0.2) is 0 Å². The molecule has 2 aromatic carbocycles. The van der Waals surface area contributed by atoms with Gasteiger partial charge in [0.15, 0.2) is 0 Å². The summed E-state index contributed by atoms with van der Waals surface area (Å²) in [6, 6.07) is 17.4. The maximum absolute atomic E-state index is 14.4.